The number of terminal acetylenes is 1. The summed E-state index contributed by atoms with van der Waals surface area (Å²) in [6.07, 6.45) is 5.18. The van der Waals surface area contributed by atoms with Crippen LogP contribution < -0.4 is 10.1 Å². The molecule has 3 rings (SSSR count). The standard InChI is InChI=1S/C19H15NO3/c1-2-12-20-19(21)18-16(13-22-14-8-4-3-5-9-14)15-10-6-7-11-17(15)23-18/h1,3-11H,12-13H2,(H,20,21). The molecule has 4 nitrogen and oxygen atoms in total. The van der Waals surface area contributed by atoms with Crippen LogP contribution in [0.3, 0.4) is 0 Å². The van der Waals surface area contributed by atoms with Crippen molar-refractivity contribution in [2.24, 2.45) is 0 Å². The van der Waals surface area contributed by atoms with Crippen molar-refractivity contribution < 1.29 is 13.9 Å². The molecule has 1 amide bonds. The number of hydrogen-bond donors (Lipinski definition) is 1. The van der Waals surface area contributed by atoms with E-state index < -0.39 is 0 Å². The van der Waals surface area contributed by atoms with Gasteiger partial charge in [-0.1, -0.05) is 42.3 Å². The third-order valence-electron chi connectivity index (χ3n) is 3.38. The molecular weight excluding hydrogens is 290 g/mol. The fourth-order valence-corrected chi connectivity index (χ4v) is 2.31. The molecule has 0 aliphatic carbocycles. The molecule has 0 unspecified atom stereocenters. The predicted molar refractivity (Wildman–Crippen MR) is 88.2 cm³/mol. The second kappa shape index (κ2) is 6.71. The zero-order valence-electron chi connectivity index (χ0n) is 12.4. The largest absolute Gasteiger partial charge is 0.489 e. The van der Waals surface area contributed by atoms with E-state index in [1.807, 2.05) is 54.6 Å². The zero-order chi connectivity index (χ0) is 16.1. The molecule has 0 saturated heterocycles. The summed E-state index contributed by atoms with van der Waals surface area (Å²) in [5.41, 5.74) is 1.35. The van der Waals surface area contributed by atoms with E-state index >= 15 is 0 Å². The smallest absolute Gasteiger partial charge is 0.288 e. The Labute approximate surface area is 134 Å². The molecule has 0 fully saturated rings. The van der Waals surface area contributed by atoms with Gasteiger partial charge in [0.25, 0.3) is 5.91 Å². The van der Waals surface area contributed by atoms with Crippen molar-refractivity contribution in [1.82, 2.24) is 5.32 Å². The van der Waals surface area contributed by atoms with E-state index in [0.717, 1.165) is 11.1 Å². The van der Waals surface area contributed by atoms with Gasteiger partial charge in [0, 0.05) is 10.9 Å². The molecule has 1 heterocycles. The maximum atomic E-state index is 12.2. The molecule has 2 aromatic carbocycles. The van der Waals surface area contributed by atoms with Crippen LogP contribution in [0.15, 0.2) is 59.0 Å². The van der Waals surface area contributed by atoms with Crippen LogP contribution in [0.1, 0.15) is 16.1 Å². The predicted octanol–water partition coefficient (Wildman–Crippen LogP) is 3.37. The van der Waals surface area contributed by atoms with Gasteiger partial charge in [-0.25, -0.2) is 0 Å². The minimum absolute atomic E-state index is 0.148. The summed E-state index contributed by atoms with van der Waals surface area (Å²) in [4.78, 5) is 12.2. The number of rotatable bonds is 5. The summed E-state index contributed by atoms with van der Waals surface area (Å²) in [7, 11) is 0. The molecule has 0 spiro atoms. The highest BCUT2D eigenvalue weighted by molar-refractivity contribution is 5.99. The number of amides is 1. The fraction of sp³-hybridized carbons (Fsp3) is 0.105. The second-order valence-electron chi connectivity index (χ2n) is 4.89. The number of fused-ring (bicyclic) bond motifs is 1. The van der Waals surface area contributed by atoms with Crippen LogP contribution in [0, 0.1) is 12.3 Å². The Morgan fingerprint density at radius 1 is 1.13 bits per heavy atom. The Kier molecular flexibility index (Phi) is 4.30. The van der Waals surface area contributed by atoms with E-state index in [-0.39, 0.29) is 24.8 Å². The van der Waals surface area contributed by atoms with E-state index in [4.69, 9.17) is 15.6 Å². The highest BCUT2D eigenvalue weighted by Crippen LogP contribution is 2.27. The highest BCUT2D eigenvalue weighted by Gasteiger charge is 2.20. The molecule has 0 radical (unpaired) electrons. The molecule has 23 heavy (non-hydrogen) atoms. The molecule has 0 aliphatic rings. The quantitative estimate of drug-likeness (QED) is 0.735. The van der Waals surface area contributed by atoms with Crippen molar-refractivity contribution in [2.75, 3.05) is 6.54 Å². The van der Waals surface area contributed by atoms with Crippen LogP contribution in [0.2, 0.25) is 0 Å². The average molecular weight is 305 g/mol. The number of furan rings is 1. The molecule has 1 N–H and O–H groups in total. The zero-order valence-corrected chi connectivity index (χ0v) is 12.4. The fourth-order valence-electron chi connectivity index (χ4n) is 2.31. The number of hydrogen-bond acceptors (Lipinski definition) is 3. The lowest BCUT2D eigenvalue weighted by Gasteiger charge is -2.06. The van der Waals surface area contributed by atoms with Gasteiger partial charge in [0.15, 0.2) is 5.76 Å². The Morgan fingerprint density at radius 3 is 2.65 bits per heavy atom. The number of para-hydroxylation sites is 2. The lowest BCUT2D eigenvalue weighted by Crippen LogP contribution is -2.24. The van der Waals surface area contributed by atoms with Gasteiger partial charge >= 0.3 is 0 Å². The number of carbonyl (C=O) groups is 1. The summed E-state index contributed by atoms with van der Waals surface area (Å²) < 4.78 is 11.5. The first-order valence-corrected chi connectivity index (χ1v) is 7.19. The first kappa shape index (κ1) is 14.7. The van der Waals surface area contributed by atoms with E-state index in [0.29, 0.717) is 11.1 Å². The topological polar surface area (TPSA) is 51.5 Å². The van der Waals surface area contributed by atoms with E-state index in [2.05, 4.69) is 11.2 Å². The van der Waals surface area contributed by atoms with Crippen LogP contribution in [0.5, 0.6) is 5.75 Å². The molecule has 4 heteroatoms. The highest BCUT2D eigenvalue weighted by atomic mass is 16.5. The maximum absolute atomic E-state index is 12.2. The van der Waals surface area contributed by atoms with Gasteiger partial charge < -0.3 is 14.5 Å². The Hall–Kier alpha value is -3.19. The van der Waals surface area contributed by atoms with Gasteiger partial charge in [0.2, 0.25) is 0 Å². The number of carbonyl (C=O) groups excluding carboxylic acids is 1. The van der Waals surface area contributed by atoms with Gasteiger partial charge in [-0.3, -0.25) is 4.79 Å². The minimum Gasteiger partial charge on any atom is -0.489 e. The van der Waals surface area contributed by atoms with Crippen molar-refractivity contribution in [3.05, 3.63) is 65.9 Å². The van der Waals surface area contributed by atoms with Crippen molar-refractivity contribution >= 4 is 16.9 Å². The van der Waals surface area contributed by atoms with Gasteiger partial charge in [0.05, 0.1) is 6.54 Å². The van der Waals surface area contributed by atoms with E-state index in [9.17, 15) is 4.79 Å². The van der Waals surface area contributed by atoms with Crippen LogP contribution >= 0.6 is 0 Å². The second-order valence-corrected chi connectivity index (χ2v) is 4.89. The molecule has 3 aromatic rings. The van der Waals surface area contributed by atoms with E-state index in [1.165, 1.54) is 0 Å². The average Bonchev–Trinajstić information content (AvgIpc) is 2.97. The summed E-state index contributed by atoms with van der Waals surface area (Å²) in [6.45, 7) is 0.384. The molecule has 0 atom stereocenters. The third-order valence-corrected chi connectivity index (χ3v) is 3.38. The lowest BCUT2D eigenvalue weighted by molar-refractivity contribution is 0.0930. The molecule has 114 valence electrons. The van der Waals surface area contributed by atoms with Gasteiger partial charge in [-0.2, -0.15) is 0 Å². The minimum atomic E-state index is -0.342. The molecule has 0 bridgehead atoms. The van der Waals surface area contributed by atoms with Crippen molar-refractivity contribution in [3.63, 3.8) is 0 Å². The Bertz CT molecular complexity index is 859. The summed E-state index contributed by atoms with van der Waals surface area (Å²) in [6, 6.07) is 16.9. The van der Waals surface area contributed by atoms with Gasteiger partial charge in [0.1, 0.15) is 17.9 Å². The monoisotopic (exact) mass is 305 g/mol. The van der Waals surface area contributed by atoms with E-state index in [1.54, 1.807) is 0 Å². The molecular formula is C19H15NO3. The number of ether oxygens (including phenoxy) is 1. The van der Waals surface area contributed by atoms with Crippen LogP contribution in [0.25, 0.3) is 11.0 Å². The molecule has 1 aromatic heterocycles. The van der Waals surface area contributed by atoms with Crippen molar-refractivity contribution in [1.29, 1.82) is 0 Å². The first-order chi connectivity index (χ1) is 11.3. The maximum Gasteiger partial charge on any atom is 0.288 e. The van der Waals surface area contributed by atoms with Crippen molar-refractivity contribution in [2.45, 2.75) is 6.61 Å². The van der Waals surface area contributed by atoms with Crippen LogP contribution in [-0.2, 0) is 6.61 Å². The molecule has 0 aliphatic heterocycles. The Morgan fingerprint density at radius 2 is 1.87 bits per heavy atom. The molecule has 0 saturated carbocycles. The number of benzene rings is 2. The third kappa shape index (κ3) is 3.19. The summed E-state index contributed by atoms with van der Waals surface area (Å²) in [5.74, 6) is 3.00. The van der Waals surface area contributed by atoms with Crippen LogP contribution in [-0.4, -0.2) is 12.5 Å². The first-order valence-electron chi connectivity index (χ1n) is 7.19. The van der Waals surface area contributed by atoms with Gasteiger partial charge in [-0.15, -0.1) is 6.42 Å². The summed E-state index contributed by atoms with van der Waals surface area (Å²) in [5, 5.41) is 3.48. The summed E-state index contributed by atoms with van der Waals surface area (Å²) >= 11 is 0. The number of nitrogens with one attached hydrogen (secondary N) is 1. The van der Waals surface area contributed by atoms with Crippen LogP contribution in [0.4, 0.5) is 0 Å². The lowest BCUT2D eigenvalue weighted by atomic mass is 10.1. The normalized spacial score (nSPS) is 10.2. The Balaban J connectivity index is 1.93. The van der Waals surface area contributed by atoms with Gasteiger partial charge in [-0.05, 0) is 18.2 Å². The van der Waals surface area contributed by atoms with Crippen molar-refractivity contribution in [3.8, 4) is 18.1 Å². The SMILES string of the molecule is C#CCNC(=O)c1oc2ccccc2c1COc1ccccc1.